The van der Waals surface area contributed by atoms with Crippen LogP contribution in [-0.4, -0.2) is 59.6 Å². The van der Waals surface area contributed by atoms with E-state index in [2.05, 4.69) is 16.7 Å². The van der Waals surface area contributed by atoms with Crippen LogP contribution in [0.15, 0.2) is 0 Å². The Kier molecular flexibility index (Phi) is 5.97. The van der Waals surface area contributed by atoms with Gasteiger partial charge >= 0.3 is 0 Å². The second kappa shape index (κ2) is 7.98. The maximum atomic E-state index is 12.9. The summed E-state index contributed by atoms with van der Waals surface area (Å²) in [5.41, 5.74) is 0. The molecule has 4 unspecified atom stereocenters. The molecule has 1 N–H and O–H groups in total. The van der Waals surface area contributed by atoms with Gasteiger partial charge in [-0.1, -0.05) is 32.6 Å². The molecular formula is C19H34N2O2. The van der Waals surface area contributed by atoms with E-state index in [0.717, 1.165) is 57.3 Å². The first kappa shape index (κ1) is 17.2. The number of nitrogens with zero attached hydrogens (tertiary/aromatic N) is 2. The van der Waals surface area contributed by atoms with Crippen molar-refractivity contribution in [2.45, 2.75) is 64.3 Å². The van der Waals surface area contributed by atoms with Gasteiger partial charge in [-0.15, -0.1) is 0 Å². The molecule has 0 aromatic carbocycles. The van der Waals surface area contributed by atoms with Crippen LogP contribution in [0.4, 0.5) is 0 Å². The normalized spacial score (nSPS) is 34.0. The molecule has 1 saturated heterocycles. The number of fused-ring (bicyclic) bond motifs is 1. The minimum Gasteiger partial charge on any atom is -0.395 e. The van der Waals surface area contributed by atoms with Gasteiger partial charge in [0.1, 0.15) is 0 Å². The van der Waals surface area contributed by atoms with Crippen molar-refractivity contribution in [3.8, 4) is 0 Å². The van der Waals surface area contributed by atoms with Crippen LogP contribution in [0.2, 0.25) is 0 Å². The third-order valence-corrected chi connectivity index (χ3v) is 6.71. The Morgan fingerprint density at radius 1 is 1.04 bits per heavy atom. The fourth-order valence-corrected chi connectivity index (χ4v) is 5.17. The number of carbonyl (C=O) groups excluding carboxylic acids is 1. The molecule has 2 saturated carbocycles. The van der Waals surface area contributed by atoms with E-state index in [1.165, 1.54) is 32.1 Å². The molecule has 1 aliphatic heterocycles. The van der Waals surface area contributed by atoms with Crippen LogP contribution < -0.4 is 0 Å². The van der Waals surface area contributed by atoms with E-state index in [9.17, 15) is 9.90 Å². The third-order valence-electron chi connectivity index (χ3n) is 6.71. The lowest BCUT2D eigenvalue weighted by Gasteiger charge is -2.42. The standard InChI is InChI=1S/C19H34N2O2/c1-2-18(14-22)20-9-11-21(12-10-20)19(23)17-8-7-15-5-3-4-6-16(15)13-17/h15-18,22H,2-14H2,1H3. The van der Waals surface area contributed by atoms with Gasteiger partial charge in [-0.3, -0.25) is 9.69 Å². The summed E-state index contributed by atoms with van der Waals surface area (Å²) >= 11 is 0. The largest absolute Gasteiger partial charge is 0.395 e. The molecule has 0 aromatic rings. The highest BCUT2D eigenvalue weighted by molar-refractivity contribution is 5.79. The van der Waals surface area contributed by atoms with Crippen LogP contribution in [0, 0.1) is 17.8 Å². The number of rotatable bonds is 4. The lowest BCUT2D eigenvalue weighted by molar-refractivity contribution is -0.140. The van der Waals surface area contributed by atoms with Crippen molar-refractivity contribution in [1.82, 2.24) is 9.80 Å². The summed E-state index contributed by atoms with van der Waals surface area (Å²) < 4.78 is 0. The van der Waals surface area contributed by atoms with Gasteiger partial charge in [0.05, 0.1) is 6.61 Å². The fraction of sp³-hybridized carbons (Fsp3) is 0.947. The number of hydrogen-bond acceptors (Lipinski definition) is 3. The second-order valence-electron chi connectivity index (χ2n) is 7.92. The Morgan fingerprint density at radius 2 is 1.74 bits per heavy atom. The maximum absolute atomic E-state index is 12.9. The average Bonchev–Trinajstić information content (AvgIpc) is 2.62. The Bertz CT molecular complexity index is 389. The lowest BCUT2D eigenvalue weighted by atomic mass is 9.67. The van der Waals surface area contributed by atoms with Crippen molar-refractivity contribution in [1.29, 1.82) is 0 Å². The van der Waals surface area contributed by atoms with Crippen molar-refractivity contribution < 1.29 is 9.90 Å². The van der Waals surface area contributed by atoms with Crippen LogP contribution >= 0.6 is 0 Å². The van der Waals surface area contributed by atoms with Crippen LogP contribution in [0.1, 0.15) is 58.3 Å². The Morgan fingerprint density at radius 3 is 2.39 bits per heavy atom. The van der Waals surface area contributed by atoms with Gasteiger partial charge in [0.25, 0.3) is 0 Å². The highest BCUT2D eigenvalue weighted by Crippen LogP contribution is 2.43. The van der Waals surface area contributed by atoms with E-state index in [-0.39, 0.29) is 12.6 Å². The number of carbonyl (C=O) groups is 1. The first-order valence-corrected chi connectivity index (χ1v) is 9.86. The molecule has 3 fully saturated rings. The van der Waals surface area contributed by atoms with E-state index in [0.29, 0.717) is 11.8 Å². The van der Waals surface area contributed by atoms with Crippen molar-refractivity contribution >= 4 is 5.91 Å². The van der Waals surface area contributed by atoms with Crippen LogP contribution in [0.5, 0.6) is 0 Å². The number of aliphatic hydroxyl groups is 1. The van der Waals surface area contributed by atoms with E-state index >= 15 is 0 Å². The predicted molar refractivity (Wildman–Crippen MR) is 92.1 cm³/mol. The summed E-state index contributed by atoms with van der Waals surface area (Å²) in [5.74, 6) is 2.46. The summed E-state index contributed by atoms with van der Waals surface area (Å²) in [6.45, 7) is 5.89. The average molecular weight is 322 g/mol. The molecular weight excluding hydrogens is 288 g/mol. The molecule has 23 heavy (non-hydrogen) atoms. The zero-order chi connectivity index (χ0) is 16.2. The van der Waals surface area contributed by atoms with E-state index in [1.54, 1.807) is 0 Å². The molecule has 0 radical (unpaired) electrons. The zero-order valence-electron chi connectivity index (χ0n) is 14.8. The fourth-order valence-electron chi connectivity index (χ4n) is 5.17. The molecule has 0 bridgehead atoms. The summed E-state index contributed by atoms with van der Waals surface area (Å²) in [6, 6.07) is 0.268. The van der Waals surface area contributed by atoms with Gasteiger partial charge in [-0.25, -0.2) is 0 Å². The SMILES string of the molecule is CCC(CO)N1CCN(C(=O)C2CCC3CCCCC3C2)CC1. The molecule has 2 aliphatic carbocycles. The second-order valence-corrected chi connectivity index (χ2v) is 7.92. The Labute approximate surface area is 141 Å². The van der Waals surface area contributed by atoms with Crippen molar-refractivity contribution in [2.75, 3.05) is 32.8 Å². The van der Waals surface area contributed by atoms with Gasteiger partial charge in [-0.2, -0.15) is 0 Å². The Hall–Kier alpha value is -0.610. The molecule has 1 amide bonds. The summed E-state index contributed by atoms with van der Waals surface area (Å²) in [4.78, 5) is 17.4. The van der Waals surface area contributed by atoms with Crippen LogP contribution in [-0.2, 0) is 4.79 Å². The van der Waals surface area contributed by atoms with Crippen LogP contribution in [0.3, 0.4) is 0 Å². The van der Waals surface area contributed by atoms with Gasteiger partial charge in [0, 0.05) is 38.1 Å². The zero-order valence-corrected chi connectivity index (χ0v) is 14.8. The molecule has 4 heteroatoms. The minimum atomic E-state index is 0.232. The summed E-state index contributed by atoms with van der Waals surface area (Å²) in [7, 11) is 0. The first-order valence-electron chi connectivity index (χ1n) is 9.86. The van der Waals surface area contributed by atoms with Gasteiger partial charge in [0.2, 0.25) is 5.91 Å². The minimum absolute atomic E-state index is 0.232. The number of hydrogen-bond donors (Lipinski definition) is 1. The quantitative estimate of drug-likeness (QED) is 0.865. The topological polar surface area (TPSA) is 43.8 Å². The van der Waals surface area contributed by atoms with Crippen molar-refractivity contribution in [2.24, 2.45) is 17.8 Å². The molecule has 0 spiro atoms. The molecule has 1 heterocycles. The number of aliphatic hydroxyl groups excluding tert-OH is 1. The first-order chi connectivity index (χ1) is 11.2. The highest BCUT2D eigenvalue weighted by atomic mass is 16.3. The lowest BCUT2D eigenvalue weighted by Crippen LogP contribution is -2.54. The third kappa shape index (κ3) is 3.90. The molecule has 3 rings (SSSR count). The van der Waals surface area contributed by atoms with E-state index in [1.807, 2.05) is 0 Å². The van der Waals surface area contributed by atoms with Crippen LogP contribution in [0.25, 0.3) is 0 Å². The van der Waals surface area contributed by atoms with E-state index < -0.39 is 0 Å². The molecule has 3 aliphatic rings. The summed E-state index contributed by atoms with van der Waals surface area (Å²) in [6.07, 6.45) is 10.1. The number of piperazine rings is 1. The number of amides is 1. The molecule has 132 valence electrons. The molecule has 4 atom stereocenters. The summed E-state index contributed by atoms with van der Waals surface area (Å²) in [5, 5.41) is 9.45. The maximum Gasteiger partial charge on any atom is 0.225 e. The van der Waals surface area contributed by atoms with Gasteiger partial charge in [-0.05, 0) is 37.5 Å². The van der Waals surface area contributed by atoms with Crippen molar-refractivity contribution in [3.63, 3.8) is 0 Å². The van der Waals surface area contributed by atoms with Gasteiger partial charge in [0.15, 0.2) is 0 Å². The monoisotopic (exact) mass is 322 g/mol. The van der Waals surface area contributed by atoms with E-state index in [4.69, 9.17) is 0 Å². The smallest absolute Gasteiger partial charge is 0.225 e. The highest BCUT2D eigenvalue weighted by Gasteiger charge is 2.37. The molecule has 0 aromatic heterocycles. The predicted octanol–water partition coefficient (Wildman–Crippen LogP) is 2.51. The Balaban J connectivity index is 1.49. The van der Waals surface area contributed by atoms with Crippen molar-refractivity contribution in [3.05, 3.63) is 0 Å². The molecule has 4 nitrogen and oxygen atoms in total. The van der Waals surface area contributed by atoms with Gasteiger partial charge < -0.3 is 10.0 Å².